The lowest BCUT2D eigenvalue weighted by Gasteiger charge is -1.90. The quantitative estimate of drug-likeness (QED) is 0.380. The van der Waals surface area contributed by atoms with Crippen LogP contribution in [0, 0.1) is 0 Å². The number of ether oxygens (including phenoxy) is 1. The summed E-state index contributed by atoms with van der Waals surface area (Å²) in [6.07, 6.45) is 1.86. The minimum Gasteiger partial charge on any atom is -0.469 e. The fraction of sp³-hybridized carbons (Fsp3) is 0.273. The molecule has 0 amide bonds. The Labute approximate surface area is 99.7 Å². The van der Waals surface area contributed by atoms with Gasteiger partial charge in [-0.05, 0) is 12.1 Å². The van der Waals surface area contributed by atoms with E-state index in [9.17, 15) is 9.59 Å². The molecule has 0 aliphatic rings. The van der Waals surface area contributed by atoms with Crippen molar-refractivity contribution in [3.63, 3.8) is 0 Å². The van der Waals surface area contributed by atoms with Crippen LogP contribution in [0.3, 0.4) is 0 Å². The minimum absolute atomic E-state index is 0.199. The number of aliphatic imine (C=N–C) groups is 1. The molecule has 0 bridgehead atoms. The molecule has 16 heavy (non-hydrogen) atoms. The zero-order valence-corrected chi connectivity index (χ0v) is 9.81. The van der Waals surface area contributed by atoms with Crippen LogP contribution in [0.2, 0.25) is 0 Å². The number of esters is 1. The van der Waals surface area contributed by atoms with Crippen molar-refractivity contribution in [2.24, 2.45) is 4.99 Å². The highest BCUT2D eigenvalue weighted by Gasteiger charge is 1.93. The molecule has 0 N–H and O–H groups in total. The Morgan fingerprint density at radius 1 is 1.44 bits per heavy atom. The van der Waals surface area contributed by atoms with E-state index in [0.717, 1.165) is 0 Å². The van der Waals surface area contributed by atoms with Crippen molar-refractivity contribution in [2.45, 2.75) is 6.42 Å². The van der Waals surface area contributed by atoms with E-state index in [1.807, 2.05) is 18.2 Å². The van der Waals surface area contributed by atoms with Crippen LogP contribution in [-0.2, 0) is 14.3 Å². The van der Waals surface area contributed by atoms with Crippen LogP contribution in [0.15, 0.2) is 35.3 Å². The second-order valence-corrected chi connectivity index (χ2v) is 3.04. The van der Waals surface area contributed by atoms with E-state index in [0.29, 0.717) is 17.9 Å². The first-order valence-electron chi connectivity index (χ1n) is 4.55. The molecule has 0 aromatic heterocycles. The van der Waals surface area contributed by atoms with Crippen molar-refractivity contribution in [1.29, 1.82) is 0 Å². The first-order valence-corrected chi connectivity index (χ1v) is 5.18. The summed E-state index contributed by atoms with van der Waals surface area (Å²) in [6, 6.07) is 8.98. The van der Waals surface area contributed by atoms with Gasteiger partial charge in [-0.15, -0.1) is 0 Å². The second-order valence-electron chi connectivity index (χ2n) is 2.59. The maximum atomic E-state index is 10.1. The first kappa shape index (κ1) is 14.4. The summed E-state index contributed by atoms with van der Waals surface area (Å²) in [7, 11) is 1.37. The fourth-order valence-corrected chi connectivity index (χ4v) is 0.931. The summed E-state index contributed by atoms with van der Waals surface area (Å²) in [4.78, 5) is 23.2. The number of nitrogens with zero attached hydrogens (tertiary/aromatic N) is 1. The summed E-state index contributed by atoms with van der Waals surface area (Å²) in [5, 5.41) is 0. The van der Waals surface area contributed by atoms with Crippen LogP contribution >= 0.6 is 12.6 Å². The molecule has 1 rings (SSSR count). The van der Waals surface area contributed by atoms with Crippen molar-refractivity contribution < 1.29 is 14.3 Å². The molecule has 0 aliphatic heterocycles. The molecule has 0 radical (unpaired) electrons. The van der Waals surface area contributed by atoms with E-state index in [2.05, 4.69) is 22.4 Å². The zero-order valence-electron chi connectivity index (χ0n) is 8.92. The Morgan fingerprint density at radius 2 is 2.06 bits per heavy atom. The van der Waals surface area contributed by atoms with Crippen LogP contribution < -0.4 is 0 Å². The average Bonchev–Trinajstić information content (AvgIpc) is 2.32. The van der Waals surface area contributed by atoms with Gasteiger partial charge < -0.3 is 4.74 Å². The molecule has 1 aromatic carbocycles. The largest absolute Gasteiger partial charge is 0.469 e. The highest BCUT2D eigenvalue weighted by atomic mass is 32.1. The van der Waals surface area contributed by atoms with Gasteiger partial charge in [0.25, 0.3) is 0 Å². The summed E-state index contributed by atoms with van der Waals surface area (Å²) in [5.41, 5.74) is 0.646. The highest BCUT2D eigenvalue weighted by Crippen LogP contribution is 2.06. The van der Waals surface area contributed by atoms with Crippen LogP contribution in [0.1, 0.15) is 6.42 Å². The number of hydrogen-bond donors (Lipinski definition) is 1. The number of carbonyl (C=O) groups excluding carboxylic acids is 2. The maximum absolute atomic E-state index is 10.1. The number of methoxy groups -OCH3 is 1. The minimum atomic E-state index is -0.199. The van der Waals surface area contributed by atoms with Crippen molar-refractivity contribution in [1.82, 2.24) is 0 Å². The van der Waals surface area contributed by atoms with Gasteiger partial charge >= 0.3 is 5.97 Å². The SMILES string of the molecule is COC(=O)CCS.O=C=Nc1ccccc1. The average molecular weight is 239 g/mol. The van der Waals surface area contributed by atoms with E-state index < -0.39 is 0 Å². The lowest BCUT2D eigenvalue weighted by atomic mass is 10.3. The summed E-state index contributed by atoms with van der Waals surface area (Å²) in [5.74, 6) is 0.363. The normalized spacial score (nSPS) is 8.12. The van der Waals surface area contributed by atoms with Gasteiger partial charge in [-0.2, -0.15) is 17.6 Å². The van der Waals surface area contributed by atoms with Gasteiger partial charge in [-0.25, -0.2) is 4.79 Å². The Balaban J connectivity index is 0.000000293. The summed E-state index contributed by atoms with van der Waals surface area (Å²) >= 11 is 3.81. The van der Waals surface area contributed by atoms with Gasteiger partial charge in [0.2, 0.25) is 6.08 Å². The smallest absolute Gasteiger partial charge is 0.306 e. The van der Waals surface area contributed by atoms with E-state index >= 15 is 0 Å². The van der Waals surface area contributed by atoms with Crippen LogP contribution in [-0.4, -0.2) is 24.9 Å². The third-order valence-corrected chi connectivity index (χ3v) is 1.70. The molecular weight excluding hydrogens is 226 g/mol. The molecule has 0 spiro atoms. The second kappa shape index (κ2) is 9.96. The number of thiol groups is 1. The van der Waals surface area contributed by atoms with Crippen molar-refractivity contribution in [3.8, 4) is 0 Å². The van der Waals surface area contributed by atoms with E-state index in [4.69, 9.17) is 0 Å². The predicted octanol–water partition coefficient (Wildman–Crippen LogP) is 2.13. The van der Waals surface area contributed by atoms with E-state index in [1.54, 1.807) is 12.1 Å². The van der Waals surface area contributed by atoms with Crippen molar-refractivity contribution in [2.75, 3.05) is 12.9 Å². The standard InChI is InChI=1S/C7H5NO.C4H8O2S/c9-6-8-7-4-2-1-3-5-7;1-6-4(5)2-3-7/h1-5H;7H,2-3H2,1H3. The van der Waals surface area contributed by atoms with Gasteiger partial charge in [-0.1, -0.05) is 18.2 Å². The predicted molar refractivity (Wildman–Crippen MR) is 64.7 cm³/mol. The molecular formula is C11H13NO3S. The Bertz CT molecular complexity index is 348. The monoisotopic (exact) mass is 239 g/mol. The lowest BCUT2D eigenvalue weighted by molar-refractivity contribution is -0.140. The lowest BCUT2D eigenvalue weighted by Crippen LogP contribution is -1.99. The third kappa shape index (κ3) is 7.79. The molecule has 0 saturated carbocycles. The summed E-state index contributed by atoms with van der Waals surface area (Å²) < 4.78 is 4.30. The molecule has 0 aliphatic carbocycles. The van der Waals surface area contributed by atoms with E-state index in [1.165, 1.54) is 13.2 Å². The Hall–Kier alpha value is -1.58. The number of rotatable bonds is 3. The van der Waals surface area contributed by atoms with E-state index in [-0.39, 0.29) is 5.97 Å². The van der Waals surface area contributed by atoms with Gasteiger partial charge in [0, 0.05) is 5.75 Å². The van der Waals surface area contributed by atoms with Crippen molar-refractivity contribution in [3.05, 3.63) is 30.3 Å². The Morgan fingerprint density at radius 3 is 2.44 bits per heavy atom. The number of para-hydroxylation sites is 1. The molecule has 4 nitrogen and oxygen atoms in total. The zero-order chi connectivity index (χ0) is 12.2. The molecule has 5 heteroatoms. The van der Waals surface area contributed by atoms with Crippen molar-refractivity contribution >= 4 is 30.4 Å². The fourth-order valence-electron chi connectivity index (χ4n) is 0.749. The highest BCUT2D eigenvalue weighted by molar-refractivity contribution is 7.80. The van der Waals surface area contributed by atoms with Gasteiger partial charge in [0.15, 0.2) is 0 Å². The molecule has 86 valence electrons. The van der Waals surface area contributed by atoms with Gasteiger partial charge in [0.05, 0.1) is 19.2 Å². The molecule has 0 fully saturated rings. The molecule has 0 unspecified atom stereocenters. The number of hydrogen-bond acceptors (Lipinski definition) is 5. The molecule has 0 heterocycles. The number of isocyanates is 1. The molecule has 0 atom stereocenters. The topological polar surface area (TPSA) is 55.7 Å². The molecule has 0 saturated heterocycles. The van der Waals surface area contributed by atoms with Gasteiger partial charge in [0.1, 0.15) is 0 Å². The van der Waals surface area contributed by atoms with Gasteiger partial charge in [-0.3, -0.25) is 4.79 Å². The van der Waals surface area contributed by atoms with Crippen LogP contribution in [0.5, 0.6) is 0 Å². The number of carbonyl (C=O) groups is 1. The molecule has 1 aromatic rings. The summed E-state index contributed by atoms with van der Waals surface area (Å²) in [6.45, 7) is 0. The maximum Gasteiger partial charge on any atom is 0.306 e. The van der Waals surface area contributed by atoms with Crippen LogP contribution in [0.25, 0.3) is 0 Å². The first-order chi connectivity index (χ1) is 7.74. The number of benzene rings is 1. The third-order valence-electron chi connectivity index (χ3n) is 1.47. The Kier molecular flexibility index (Phi) is 8.97. The van der Waals surface area contributed by atoms with Crippen LogP contribution in [0.4, 0.5) is 5.69 Å².